The monoisotopic (exact) mass is 331 g/mol. The van der Waals surface area contributed by atoms with Crippen LogP contribution in [-0.4, -0.2) is 20.2 Å². The third kappa shape index (κ3) is 2.42. The smallest absolute Gasteiger partial charge is 0.262 e. The summed E-state index contributed by atoms with van der Waals surface area (Å²) in [7, 11) is 0. The molecule has 2 aromatic heterocycles. The van der Waals surface area contributed by atoms with E-state index in [9.17, 15) is 5.11 Å². The first-order chi connectivity index (χ1) is 9.63. The largest absolute Gasteiger partial charge is 0.507 e. The highest BCUT2D eigenvalue weighted by atomic mass is 79.9. The summed E-state index contributed by atoms with van der Waals surface area (Å²) in [4.78, 5) is 8.47. The van der Waals surface area contributed by atoms with Gasteiger partial charge in [0.2, 0.25) is 5.82 Å². The molecule has 0 bridgehead atoms. The van der Waals surface area contributed by atoms with E-state index in [0.717, 1.165) is 10.0 Å². The van der Waals surface area contributed by atoms with E-state index in [4.69, 9.17) is 4.52 Å². The van der Waals surface area contributed by atoms with E-state index < -0.39 is 0 Å². The predicted octanol–water partition coefficient (Wildman–Crippen LogP) is 3.58. The Balaban J connectivity index is 2.02. The van der Waals surface area contributed by atoms with Crippen molar-refractivity contribution < 1.29 is 9.63 Å². The van der Waals surface area contributed by atoms with Crippen molar-refractivity contribution in [3.8, 4) is 28.7 Å². The van der Waals surface area contributed by atoms with Gasteiger partial charge in [0.05, 0.1) is 5.56 Å². The maximum Gasteiger partial charge on any atom is 0.262 e. The van der Waals surface area contributed by atoms with Crippen LogP contribution in [0.2, 0.25) is 0 Å². The van der Waals surface area contributed by atoms with Crippen LogP contribution in [0.4, 0.5) is 0 Å². The second kappa shape index (κ2) is 5.05. The number of nitrogens with zero attached hydrogens (tertiary/aromatic N) is 3. The molecule has 3 rings (SSSR count). The van der Waals surface area contributed by atoms with Crippen molar-refractivity contribution in [2.45, 2.75) is 6.92 Å². The van der Waals surface area contributed by atoms with Gasteiger partial charge in [-0.25, -0.2) is 0 Å². The van der Waals surface area contributed by atoms with Crippen LogP contribution >= 0.6 is 15.9 Å². The number of aromatic nitrogens is 3. The zero-order valence-electron chi connectivity index (χ0n) is 10.5. The standard InChI is InChI=1S/C14H10BrN3O2/c1-8-4-5-16-11(6-8)13-17-14(20-18-13)10-3-2-9(15)7-12(10)19/h2-7,19H,1H3. The van der Waals surface area contributed by atoms with Gasteiger partial charge in [0.15, 0.2) is 0 Å². The molecule has 0 radical (unpaired) electrons. The molecule has 0 fully saturated rings. The van der Waals surface area contributed by atoms with Crippen LogP contribution in [0.5, 0.6) is 5.75 Å². The second-order valence-electron chi connectivity index (χ2n) is 4.30. The third-order valence-corrected chi connectivity index (χ3v) is 3.25. The number of halogens is 1. The first-order valence-electron chi connectivity index (χ1n) is 5.89. The molecule has 3 aromatic rings. The maximum absolute atomic E-state index is 9.90. The molecule has 1 N–H and O–H groups in total. The van der Waals surface area contributed by atoms with E-state index in [0.29, 0.717) is 17.1 Å². The summed E-state index contributed by atoms with van der Waals surface area (Å²) in [5, 5.41) is 13.8. The van der Waals surface area contributed by atoms with E-state index >= 15 is 0 Å². The van der Waals surface area contributed by atoms with Gasteiger partial charge in [-0.15, -0.1) is 0 Å². The van der Waals surface area contributed by atoms with E-state index in [2.05, 4.69) is 31.1 Å². The number of phenols is 1. The lowest BCUT2D eigenvalue weighted by Crippen LogP contribution is -1.86. The van der Waals surface area contributed by atoms with Gasteiger partial charge in [0, 0.05) is 10.7 Å². The summed E-state index contributed by atoms with van der Waals surface area (Å²) < 4.78 is 5.97. The summed E-state index contributed by atoms with van der Waals surface area (Å²) >= 11 is 3.28. The average Bonchev–Trinajstić information content (AvgIpc) is 2.88. The minimum absolute atomic E-state index is 0.0757. The van der Waals surface area contributed by atoms with E-state index in [1.165, 1.54) is 0 Å². The fourth-order valence-corrected chi connectivity index (χ4v) is 2.13. The van der Waals surface area contributed by atoms with Gasteiger partial charge in [-0.05, 0) is 42.8 Å². The summed E-state index contributed by atoms with van der Waals surface area (Å²) in [6.07, 6.45) is 1.69. The number of phenolic OH excluding ortho intramolecular Hbond substituents is 1. The molecule has 0 spiro atoms. The molecule has 0 saturated heterocycles. The fraction of sp³-hybridized carbons (Fsp3) is 0.0714. The minimum Gasteiger partial charge on any atom is -0.507 e. The van der Waals surface area contributed by atoms with Crippen LogP contribution in [0.1, 0.15) is 5.56 Å². The van der Waals surface area contributed by atoms with Crippen molar-refractivity contribution >= 4 is 15.9 Å². The van der Waals surface area contributed by atoms with Crippen LogP contribution in [0, 0.1) is 6.92 Å². The Hall–Kier alpha value is -2.21. The van der Waals surface area contributed by atoms with Crippen molar-refractivity contribution in [3.63, 3.8) is 0 Å². The van der Waals surface area contributed by atoms with Gasteiger partial charge in [-0.2, -0.15) is 4.98 Å². The number of pyridine rings is 1. The molecule has 5 nitrogen and oxygen atoms in total. The van der Waals surface area contributed by atoms with Crippen molar-refractivity contribution in [1.82, 2.24) is 15.1 Å². The van der Waals surface area contributed by atoms with Crippen LogP contribution in [0.25, 0.3) is 23.0 Å². The summed E-state index contributed by atoms with van der Waals surface area (Å²) in [6.45, 7) is 1.97. The van der Waals surface area contributed by atoms with Gasteiger partial charge in [0.25, 0.3) is 5.89 Å². The van der Waals surface area contributed by atoms with Crippen molar-refractivity contribution in [3.05, 3.63) is 46.6 Å². The Bertz CT molecular complexity index is 771. The van der Waals surface area contributed by atoms with Crippen LogP contribution in [0.15, 0.2) is 45.5 Å². The number of rotatable bonds is 2. The average molecular weight is 332 g/mol. The number of aryl methyl sites for hydroxylation is 1. The molecular weight excluding hydrogens is 322 g/mol. The maximum atomic E-state index is 9.90. The lowest BCUT2D eigenvalue weighted by molar-refractivity contribution is 0.425. The quantitative estimate of drug-likeness (QED) is 0.777. The molecular formula is C14H10BrN3O2. The number of benzene rings is 1. The third-order valence-electron chi connectivity index (χ3n) is 2.76. The molecule has 20 heavy (non-hydrogen) atoms. The van der Waals surface area contributed by atoms with Crippen LogP contribution in [-0.2, 0) is 0 Å². The van der Waals surface area contributed by atoms with Crippen molar-refractivity contribution in [2.24, 2.45) is 0 Å². The summed E-state index contributed by atoms with van der Waals surface area (Å²) in [5.41, 5.74) is 2.18. The first kappa shape index (κ1) is 12.8. The topological polar surface area (TPSA) is 72.0 Å². The molecule has 1 aromatic carbocycles. The molecule has 0 aliphatic rings. The molecule has 0 atom stereocenters. The minimum atomic E-state index is 0.0757. The fourth-order valence-electron chi connectivity index (χ4n) is 1.78. The van der Waals surface area contributed by atoms with E-state index in [-0.39, 0.29) is 11.6 Å². The first-order valence-corrected chi connectivity index (χ1v) is 6.68. The van der Waals surface area contributed by atoms with Gasteiger partial charge < -0.3 is 9.63 Å². The molecule has 0 unspecified atom stereocenters. The number of hydrogen-bond donors (Lipinski definition) is 1. The number of aromatic hydroxyl groups is 1. The van der Waals surface area contributed by atoms with Crippen molar-refractivity contribution in [1.29, 1.82) is 0 Å². The molecule has 100 valence electrons. The van der Waals surface area contributed by atoms with E-state index in [1.54, 1.807) is 24.4 Å². The Morgan fingerprint density at radius 3 is 2.80 bits per heavy atom. The van der Waals surface area contributed by atoms with Crippen LogP contribution in [0.3, 0.4) is 0 Å². The highest BCUT2D eigenvalue weighted by Gasteiger charge is 2.14. The lowest BCUT2D eigenvalue weighted by atomic mass is 10.2. The van der Waals surface area contributed by atoms with Crippen LogP contribution < -0.4 is 0 Å². The molecule has 0 aliphatic carbocycles. The Morgan fingerprint density at radius 1 is 1.20 bits per heavy atom. The van der Waals surface area contributed by atoms with Crippen molar-refractivity contribution in [2.75, 3.05) is 0 Å². The SMILES string of the molecule is Cc1ccnc(-c2noc(-c3ccc(Br)cc3O)n2)c1. The molecule has 0 amide bonds. The Morgan fingerprint density at radius 2 is 2.05 bits per heavy atom. The predicted molar refractivity (Wildman–Crippen MR) is 77.1 cm³/mol. The van der Waals surface area contributed by atoms with Gasteiger partial charge in [-0.3, -0.25) is 4.98 Å². The highest BCUT2D eigenvalue weighted by Crippen LogP contribution is 2.31. The summed E-state index contributed by atoms with van der Waals surface area (Å²) in [6, 6.07) is 8.84. The Labute approximate surface area is 123 Å². The summed E-state index contributed by atoms with van der Waals surface area (Å²) in [5.74, 6) is 0.728. The second-order valence-corrected chi connectivity index (χ2v) is 5.22. The molecule has 6 heteroatoms. The zero-order valence-corrected chi connectivity index (χ0v) is 12.1. The van der Waals surface area contributed by atoms with Gasteiger partial charge in [-0.1, -0.05) is 21.1 Å². The molecule has 2 heterocycles. The lowest BCUT2D eigenvalue weighted by Gasteiger charge is -1.99. The van der Waals surface area contributed by atoms with E-state index in [1.807, 2.05) is 19.1 Å². The van der Waals surface area contributed by atoms with Gasteiger partial charge >= 0.3 is 0 Å². The van der Waals surface area contributed by atoms with Gasteiger partial charge in [0.1, 0.15) is 11.4 Å². The normalized spacial score (nSPS) is 10.7. The molecule has 0 aliphatic heterocycles. The molecule has 0 saturated carbocycles. The highest BCUT2D eigenvalue weighted by molar-refractivity contribution is 9.10. The number of hydrogen-bond acceptors (Lipinski definition) is 5. The Kier molecular flexibility index (Phi) is 3.23. The zero-order chi connectivity index (χ0) is 14.1.